The van der Waals surface area contributed by atoms with Crippen LogP contribution in [0.4, 0.5) is 14.4 Å². The fraction of sp³-hybridized carbons (Fsp3) is 0.882. The Hall–Kier alpha value is -3.90. The first-order chi connectivity index (χ1) is 33.5. The maximum absolute atomic E-state index is 13.8. The number of nitrogens with one attached hydrogen (secondary N) is 3. The summed E-state index contributed by atoms with van der Waals surface area (Å²) in [6.45, 7) is 11.9. The lowest BCUT2D eigenvalue weighted by atomic mass is 9.92. The molecule has 3 aliphatic carbocycles. The number of carbonyl (C=O) groups is 3. The van der Waals surface area contributed by atoms with Gasteiger partial charge in [-0.25, -0.2) is 42.5 Å². The highest BCUT2D eigenvalue weighted by atomic mass is 16.6. The van der Waals surface area contributed by atoms with E-state index in [9.17, 15) is 28.8 Å². The zero-order chi connectivity index (χ0) is 48.7. The molecule has 3 saturated carbocycles. The summed E-state index contributed by atoms with van der Waals surface area (Å²) in [7, 11) is 0. The molecule has 0 bridgehead atoms. The molecule has 1 aromatic rings. The Kier molecular flexibility index (Phi) is 20.3. The Morgan fingerprint density at radius 3 is 0.913 bits per heavy atom. The molecule has 3 amide bonds. The van der Waals surface area contributed by atoms with Crippen molar-refractivity contribution in [2.45, 2.75) is 249 Å². The second kappa shape index (κ2) is 26.5. The van der Waals surface area contributed by atoms with Crippen molar-refractivity contribution in [1.82, 2.24) is 44.4 Å². The SMILES string of the molecule is CC1CN1C1CCCCC1OC(=O)NCCCCCCn1c(=O)n(CCCCCCNC(=O)OC2CCCCC2N2CC2C)c(=O)n(CCCCCCNC(=O)OC2CCCCC2N2CC2C)c1=O. The van der Waals surface area contributed by atoms with Crippen molar-refractivity contribution in [3.63, 3.8) is 0 Å². The number of amides is 3. The minimum absolute atomic E-state index is 0.0596. The molecule has 3 aliphatic heterocycles. The number of ether oxygens (including phenoxy) is 3. The topological polar surface area (TPSA) is 190 Å². The van der Waals surface area contributed by atoms with E-state index in [4.69, 9.17) is 14.2 Å². The average Bonchev–Trinajstić information content (AvgIpc) is 4.30. The maximum Gasteiger partial charge on any atom is 0.407 e. The highest BCUT2D eigenvalue weighted by molar-refractivity contribution is 5.68. The second-order valence-corrected chi connectivity index (χ2v) is 21.3. The van der Waals surface area contributed by atoms with Crippen LogP contribution in [0.2, 0.25) is 0 Å². The molecule has 0 radical (unpaired) electrons. The van der Waals surface area contributed by atoms with E-state index in [-0.39, 0.29) is 56.2 Å². The Bertz CT molecular complexity index is 1740. The molecule has 0 spiro atoms. The third-order valence-corrected chi connectivity index (χ3v) is 15.9. The Morgan fingerprint density at radius 1 is 0.406 bits per heavy atom. The number of carbonyl (C=O) groups excluding carboxylic acids is 3. The molecule has 6 aliphatic rings. The predicted octanol–water partition coefficient (Wildman–Crippen LogP) is 6.08. The van der Waals surface area contributed by atoms with Crippen LogP contribution in [0.25, 0.3) is 0 Å². The summed E-state index contributed by atoms with van der Waals surface area (Å²) in [4.78, 5) is 86.6. The molecule has 12 unspecified atom stereocenters. The first kappa shape index (κ1) is 52.9. The van der Waals surface area contributed by atoms with Crippen molar-refractivity contribution in [3.05, 3.63) is 31.5 Å². The highest BCUT2D eigenvalue weighted by Gasteiger charge is 2.44. The standard InChI is InChI=1S/C51H87N9O9/c1-37-34-58(37)40-22-10-13-25-43(40)67-46(61)52-28-16-4-7-19-31-55-49(64)56(32-20-8-5-17-29-53-47(62)68-44-26-14-11-23-41(44)59-35-38(59)2)51(66)57(50(55)65)33-21-9-6-18-30-54-48(63)69-45-27-15-12-24-42(45)60-36-39(60)3/h37-45H,4-36H2,1-3H3,(H,52,61)(H,53,62)(H,54,63). The summed E-state index contributed by atoms with van der Waals surface area (Å²) in [5.41, 5.74) is -1.73. The summed E-state index contributed by atoms with van der Waals surface area (Å²) in [5, 5.41) is 8.75. The van der Waals surface area contributed by atoms with Crippen molar-refractivity contribution in [2.75, 3.05) is 39.3 Å². The molecule has 1 aromatic heterocycles. The molecule has 3 saturated heterocycles. The van der Waals surface area contributed by atoms with Gasteiger partial charge in [-0.1, -0.05) is 57.8 Å². The van der Waals surface area contributed by atoms with E-state index >= 15 is 0 Å². The predicted molar refractivity (Wildman–Crippen MR) is 265 cm³/mol. The smallest absolute Gasteiger partial charge is 0.407 e. The number of alkyl carbamates (subject to hydrolysis) is 3. The van der Waals surface area contributed by atoms with Crippen molar-refractivity contribution in [3.8, 4) is 0 Å². The third kappa shape index (κ3) is 15.8. The van der Waals surface area contributed by atoms with Crippen LogP contribution in [0, 0.1) is 0 Å². The summed E-state index contributed by atoms with van der Waals surface area (Å²) >= 11 is 0. The van der Waals surface area contributed by atoms with Crippen LogP contribution in [-0.4, -0.2) is 141 Å². The summed E-state index contributed by atoms with van der Waals surface area (Å²) < 4.78 is 21.2. The highest BCUT2D eigenvalue weighted by Crippen LogP contribution is 2.35. The van der Waals surface area contributed by atoms with Gasteiger partial charge >= 0.3 is 35.3 Å². The van der Waals surface area contributed by atoms with Gasteiger partial charge in [0.1, 0.15) is 18.3 Å². The molecule has 390 valence electrons. The van der Waals surface area contributed by atoms with E-state index in [0.29, 0.717) is 75.1 Å². The Morgan fingerprint density at radius 2 is 0.652 bits per heavy atom. The van der Waals surface area contributed by atoms with Gasteiger partial charge in [0.2, 0.25) is 0 Å². The molecular formula is C51H87N9O9. The molecule has 7 rings (SSSR count). The lowest BCUT2D eigenvalue weighted by Gasteiger charge is -2.32. The van der Waals surface area contributed by atoms with E-state index in [2.05, 4.69) is 51.4 Å². The number of hydrogen-bond acceptors (Lipinski definition) is 12. The average molecular weight is 970 g/mol. The largest absolute Gasteiger partial charge is 0.445 e. The van der Waals surface area contributed by atoms with E-state index < -0.39 is 17.1 Å². The van der Waals surface area contributed by atoms with Crippen LogP contribution in [0.5, 0.6) is 0 Å². The van der Waals surface area contributed by atoms with Gasteiger partial charge in [-0.2, -0.15) is 0 Å². The number of nitrogens with zero attached hydrogens (tertiary/aromatic N) is 6. The van der Waals surface area contributed by atoms with Crippen LogP contribution in [-0.2, 0) is 33.8 Å². The maximum atomic E-state index is 13.8. The summed E-state index contributed by atoms with van der Waals surface area (Å²) in [6.07, 6.45) is 20.1. The van der Waals surface area contributed by atoms with Gasteiger partial charge in [0.05, 0.1) is 0 Å². The van der Waals surface area contributed by atoms with E-state index in [1.165, 1.54) is 33.0 Å². The summed E-state index contributed by atoms with van der Waals surface area (Å²) in [5.74, 6) is 0. The van der Waals surface area contributed by atoms with Gasteiger partial charge in [-0.15, -0.1) is 0 Å². The minimum atomic E-state index is -0.577. The molecule has 69 heavy (non-hydrogen) atoms. The van der Waals surface area contributed by atoms with Gasteiger partial charge in [-0.3, -0.25) is 14.7 Å². The minimum Gasteiger partial charge on any atom is -0.445 e. The van der Waals surface area contributed by atoms with E-state index in [1.54, 1.807) is 0 Å². The Labute approximate surface area is 409 Å². The van der Waals surface area contributed by atoms with Gasteiger partial charge < -0.3 is 30.2 Å². The van der Waals surface area contributed by atoms with Crippen LogP contribution in [0.1, 0.15) is 175 Å². The molecule has 6 fully saturated rings. The number of rotatable bonds is 27. The lowest BCUT2D eigenvalue weighted by Crippen LogP contribution is -2.54. The van der Waals surface area contributed by atoms with Gasteiger partial charge in [0, 0.05) is 95.2 Å². The monoisotopic (exact) mass is 970 g/mol. The molecule has 18 heteroatoms. The fourth-order valence-electron chi connectivity index (χ4n) is 11.6. The molecule has 4 heterocycles. The van der Waals surface area contributed by atoms with Gasteiger partial charge in [0.15, 0.2) is 0 Å². The molecule has 18 nitrogen and oxygen atoms in total. The number of aromatic nitrogens is 3. The first-order valence-corrected chi connectivity index (χ1v) is 27.5. The van der Waals surface area contributed by atoms with Crippen LogP contribution < -0.4 is 33.0 Å². The normalized spacial score (nSPS) is 30.5. The van der Waals surface area contributed by atoms with Gasteiger partial charge in [0.25, 0.3) is 0 Å². The molecular weight excluding hydrogens is 883 g/mol. The van der Waals surface area contributed by atoms with Crippen LogP contribution in [0.15, 0.2) is 14.4 Å². The molecule has 12 atom stereocenters. The van der Waals surface area contributed by atoms with E-state index in [0.717, 1.165) is 135 Å². The zero-order valence-electron chi connectivity index (χ0n) is 42.4. The van der Waals surface area contributed by atoms with Crippen LogP contribution in [0.3, 0.4) is 0 Å². The first-order valence-electron chi connectivity index (χ1n) is 27.5. The zero-order valence-corrected chi connectivity index (χ0v) is 42.4. The molecule has 3 N–H and O–H groups in total. The quantitative estimate of drug-likeness (QED) is 0.0525. The summed E-state index contributed by atoms with van der Waals surface area (Å²) in [6, 6.07) is 2.67. The molecule has 0 aromatic carbocycles. The van der Waals surface area contributed by atoms with Gasteiger partial charge in [-0.05, 0) is 117 Å². The van der Waals surface area contributed by atoms with Crippen molar-refractivity contribution >= 4 is 18.3 Å². The fourth-order valence-corrected chi connectivity index (χ4v) is 11.6. The number of unbranched alkanes of at least 4 members (excludes halogenated alkanes) is 9. The number of hydrogen-bond donors (Lipinski definition) is 3. The third-order valence-electron chi connectivity index (χ3n) is 15.9. The van der Waals surface area contributed by atoms with Crippen molar-refractivity contribution in [2.24, 2.45) is 0 Å². The van der Waals surface area contributed by atoms with E-state index in [1.807, 2.05) is 0 Å². The van der Waals surface area contributed by atoms with Crippen molar-refractivity contribution in [1.29, 1.82) is 0 Å². The van der Waals surface area contributed by atoms with Crippen LogP contribution >= 0.6 is 0 Å². The second-order valence-electron chi connectivity index (χ2n) is 21.3. The Balaban J connectivity index is 0.833. The lowest BCUT2D eigenvalue weighted by molar-refractivity contribution is 0.0325. The van der Waals surface area contributed by atoms with Crippen molar-refractivity contribution < 1.29 is 28.6 Å².